The first-order chi connectivity index (χ1) is 10.0. The lowest BCUT2D eigenvalue weighted by atomic mass is 10.1. The lowest BCUT2D eigenvalue weighted by molar-refractivity contribution is -0.138. The first-order valence-corrected chi connectivity index (χ1v) is 6.69. The van der Waals surface area contributed by atoms with Gasteiger partial charge < -0.3 is 5.11 Å². The Kier molecular flexibility index (Phi) is 5.78. The van der Waals surface area contributed by atoms with Crippen LogP contribution in [0.5, 0.6) is 0 Å². The van der Waals surface area contributed by atoms with Crippen molar-refractivity contribution in [3.8, 4) is 0 Å². The predicted octanol–water partition coefficient (Wildman–Crippen LogP) is 1.74. The highest BCUT2D eigenvalue weighted by molar-refractivity contribution is 6.22. The standard InChI is InChI=1S/C13H11NO5.C2H6/c15-8(5-6-11(16)17)7-14-12(18)9-3-1-2-4-10(9)13(14)19;1-2/h1-4H,5-7H2,(H,16,17);1-2H3. The van der Waals surface area contributed by atoms with E-state index < -0.39 is 23.6 Å². The maximum Gasteiger partial charge on any atom is 0.303 e. The van der Waals surface area contributed by atoms with Crippen LogP contribution < -0.4 is 0 Å². The monoisotopic (exact) mass is 291 g/mol. The molecule has 112 valence electrons. The van der Waals surface area contributed by atoms with Crippen molar-refractivity contribution in [1.29, 1.82) is 0 Å². The minimum absolute atomic E-state index is 0.192. The smallest absolute Gasteiger partial charge is 0.303 e. The molecule has 0 aliphatic carbocycles. The highest BCUT2D eigenvalue weighted by Gasteiger charge is 2.35. The molecule has 0 bridgehead atoms. The van der Waals surface area contributed by atoms with Gasteiger partial charge in [0.1, 0.15) is 0 Å². The Hall–Kier alpha value is -2.50. The van der Waals surface area contributed by atoms with Crippen LogP contribution in [-0.2, 0) is 9.59 Å². The van der Waals surface area contributed by atoms with Gasteiger partial charge in [0, 0.05) is 6.42 Å². The molecule has 1 aliphatic heterocycles. The molecule has 0 unspecified atom stereocenters. The quantitative estimate of drug-likeness (QED) is 0.834. The average Bonchev–Trinajstić information content (AvgIpc) is 2.73. The number of fused-ring (bicyclic) bond motifs is 1. The summed E-state index contributed by atoms with van der Waals surface area (Å²) in [6.07, 6.45) is -0.495. The van der Waals surface area contributed by atoms with Gasteiger partial charge in [0.25, 0.3) is 11.8 Å². The summed E-state index contributed by atoms with van der Waals surface area (Å²) in [5.41, 5.74) is 0.553. The molecule has 0 fully saturated rings. The third-order valence-corrected chi connectivity index (χ3v) is 2.83. The van der Waals surface area contributed by atoms with Crippen LogP contribution in [0.15, 0.2) is 24.3 Å². The summed E-state index contributed by atoms with van der Waals surface area (Å²) in [5, 5.41) is 8.47. The fraction of sp³-hybridized carbons (Fsp3) is 0.333. The summed E-state index contributed by atoms with van der Waals surface area (Å²) in [7, 11) is 0. The Morgan fingerprint density at radius 3 is 1.90 bits per heavy atom. The van der Waals surface area contributed by atoms with Gasteiger partial charge in [-0.2, -0.15) is 0 Å². The van der Waals surface area contributed by atoms with Gasteiger partial charge in [-0.25, -0.2) is 0 Å². The summed E-state index contributed by atoms with van der Waals surface area (Å²) in [5.74, 6) is -2.55. The fourth-order valence-corrected chi connectivity index (χ4v) is 1.88. The lowest BCUT2D eigenvalue weighted by Crippen LogP contribution is -2.35. The van der Waals surface area contributed by atoms with E-state index >= 15 is 0 Å². The van der Waals surface area contributed by atoms with E-state index in [2.05, 4.69) is 0 Å². The molecule has 0 saturated heterocycles. The summed E-state index contributed by atoms with van der Waals surface area (Å²) in [6.45, 7) is 3.62. The number of hydrogen-bond donors (Lipinski definition) is 1. The van der Waals surface area contributed by atoms with Crippen LogP contribution in [0, 0.1) is 0 Å². The normalized spacial score (nSPS) is 12.6. The van der Waals surface area contributed by atoms with Gasteiger partial charge in [-0.1, -0.05) is 26.0 Å². The first-order valence-electron chi connectivity index (χ1n) is 6.69. The SMILES string of the molecule is CC.O=C(O)CCC(=O)CN1C(=O)c2ccccc2C1=O. The molecular formula is C15H17NO5. The van der Waals surface area contributed by atoms with Crippen molar-refractivity contribution in [3.63, 3.8) is 0 Å². The van der Waals surface area contributed by atoms with Crippen LogP contribution in [0.1, 0.15) is 47.4 Å². The van der Waals surface area contributed by atoms with Gasteiger partial charge in [0.2, 0.25) is 0 Å². The number of Topliss-reactive ketones (excluding diaryl/α,β-unsaturated/α-hetero) is 1. The zero-order valence-corrected chi connectivity index (χ0v) is 12.0. The number of carboxylic acid groups (broad SMARTS) is 1. The summed E-state index contributed by atoms with van der Waals surface area (Å²) in [4.78, 5) is 46.6. The van der Waals surface area contributed by atoms with Crippen molar-refractivity contribution in [2.75, 3.05) is 6.54 Å². The van der Waals surface area contributed by atoms with Gasteiger partial charge in [0.05, 0.1) is 24.1 Å². The number of aliphatic carboxylic acids is 1. The maximum absolute atomic E-state index is 11.9. The average molecular weight is 291 g/mol. The van der Waals surface area contributed by atoms with Gasteiger partial charge in [-0.15, -0.1) is 0 Å². The number of nitrogens with zero attached hydrogens (tertiary/aromatic N) is 1. The summed E-state index contributed by atoms with van der Waals surface area (Å²) >= 11 is 0. The minimum atomic E-state index is -1.09. The zero-order chi connectivity index (χ0) is 16.0. The second-order valence-corrected chi connectivity index (χ2v) is 4.17. The van der Waals surface area contributed by atoms with Crippen molar-refractivity contribution < 1.29 is 24.3 Å². The Balaban J connectivity index is 0.00000106. The number of carbonyl (C=O) groups is 4. The molecule has 0 saturated carbocycles. The number of rotatable bonds is 5. The van der Waals surface area contributed by atoms with Crippen molar-refractivity contribution in [2.24, 2.45) is 0 Å². The molecule has 0 radical (unpaired) electrons. The van der Waals surface area contributed by atoms with E-state index in [9.17, 15) is 19.2 Å². The Bertz CT molecular complexity index is 544. The van der Waals surface area contributed by atoms with Crippen LogP contribution in [0.4, 0.5) is 0 Å². The summed E-state index contributed by atoms with van der Waals surface area (Å²) in [6, 6.07) is 6.33. The van der Waals surface area contributed by atoms with Crippen LogP contribution in [-0.4, -0.2) is 40.1 Å². The number of carbonyl (C=O) groups excluding carboxylic acids is 3. The molecule has 2 amide bonds. The maximum atomic E-state index is 11.9. The Labute approximate surface area is 122 Å². The van der Waals surface area contributed by atoms with Gasteiger partial charge in [-0.3, -0.25) is 24.1 Å². The van der Waals surface area contributed by atoms with Crippen molar-refractivity contribution >= 4 is 23.6 Å². The number of carboxylic acids is 1. The van der Waals surface area contributed by atoms with E-state index in [0.717, 1.165) is 4.90 Å². The molecule has 1 heterocycles. The van der Waals surface area contributed by atoms with E-state index in [1.807, 2.05) is 13.8 Å². The minimum Gasteiger partial charge on any atom is -0.481 e. The number of amides is 2. The van der Waals surface area contributed by atoms with Crippen LogP contribution in [0.3, 0.4) is 0 Å². The van der Waals surface area contributed by atoms with Gasteiger partial charge >= 0.3 is 5.97 Å². The van der Waals surface area contributed by atoms with E-state index in [0.29, 0.717) is 0 Å². The molecular weight excluding hydrogens is 274 g/mol. The van der Waals surface area contributed by atoms with Crippen molar-refractivity contribution in [3.05, 3.63) is 35.4 Å². The molecule has 21 heavy (non-hydrogen) atoms. The van der Waals surface area contributed by atoms with E-state index in [1.165, 1.54) is 12.1 Å². The van der Waals surface area contributed by atoms with Gasteiger partial charge in [0.15, 0.2) is 5.78 Å². The molecule has 0 atom stereocenters. The first kappa shape index (κ1) is 16.6. The second kappa shape index (κ2) is 7.33. The molecule has 0 spiro atoms. The number of hydrogen-bond acceptors (Lipinski definition) is 4. The molecule has 6 heteroatoms. The predicted molar refractivity (Wildman–Crippen MR) is 75.0 cm³/mol. The highest BCUT2D eigenvalue weighted by atomic mass is 16.4. The number of ketones is 1. The number of benzene rings is 1. The molecule has 1 N–H and O–H groups in total. The fourth-order valence-electron chi connectivity index (χ4n) is 1.88. The molecule has 2 rings (SSSR count). The van der Waals surface area contributed by atoms with Crippen LogP contribution in [0.2, 0.25) is 0 Å². The largest absolute Gasteiger partial charge is 0.481 e. The molecule has 1 aromatic carbocycles. The number of imide groups is 1. The molecule has 1 aliphatic rings. The highest BCUT2D eigenvalue weighted by Crippen LogP contribution is 2.22. The zero-order valence-electron chi connectivity index (χ0n) is 12.0. The van der Waals surface area contributed by atoms with Crippen molar-refractivity contribution in [2.45, 2.75) is 26.7 Å². The Morgan fingerprint density at radius 2 is 1.48 bits per heavy atom. The molecule has 1 aromatic rings. The molecule has 6 nitrogen and oxygen atoms in total. The summed E-state index contributed by atoms with van der Waals surface area (Å²) < 4.78 is 0. The van der Waals surface area contributed by atoms with Crippen LogP contribution in [0.25, 0.3) is 0 Å². The second-order valence-electron chi connectivity index (χ2n) is 4.17. The topological polar surface area (TPSA) is 91.8 Å². The van der Waals surface area contributed by atoms with E-state index in [-0.39, 0.29) is 30.5 Å². The van der Waals surface area contributed by atoms with Crippen LogP contribution >= 0.6 is 0 Å². The Morgan fingerprint density at radius 1 is 1.00 bits per heavy atom. The third-order valence-electron chi connectivity index (χ3n) is 2.83. The van der Waals surface area contributed by atoms with Crippen molar-refractivity contribution in [1.82, 2.24) is 4.90 Å². The van der Waals surface area contributed by atoms with E-state index in [1.54, 1.807) is 12.1 Å². The lowest BCUT2D eigenvalue weighted by Gasteiger charge is -2.12. The molecule has 0 aromatic heterocycles. The third kappa shape index (κ3) is 3.75. The van der Waals surface area contributed by atoms with E-state index in [4.69, 9.17) is 5.11 Å². The van der Waals surface area contributed by atoms with Gasteiger partial charge in [-0.05, 0) is 12.1 Å².